The monoisotopic (exact) mass is 283 g/mol. The molecule has 3 heteroatoms. The molecule has 3 N–H and O–H groups in total. The van der Waals surface area contributed by atoms with Gasteiger partial charge in [0.15, 0.2) is 0 Å². The Kier molecular flexibility index (Phi) is 4.76. The molecule has 2 aromatic rings. The van der Waals surface area contributed by atoms with Gasteiger partial charge in [0, 0.05) is 6.54 Å². The maximum atomic E-state index is 11.9. The van der Waals surface area contributed by atoms with Crippen LogP contribution in [0.4, 0.5) is 0 Å². The van der Waals surface area contributed by atoms with Gasteiger partial charge in [0.05, 0.1) is 0 Å². The van der Waals surface area contributed by atoms with Crippen molar-refractivity contribution in [3.05, 3.63) is 71.3 Å². The fourth-order valence-corrected chi connectivity index (χ4v) is 2.56. The van der Waals surface area contributed by atoms with E-state index < -0.39 is 11.4 Å². The number of carboxylic acid groups (broad SMARTS) is 1. The molecule has 0 heterocycles. The SMILES string of the molecule is Cc1ccc(C(CN)(CCc2ccccc2)C(=O)O)cc1. The van der Waals surface area contributed by atoms with Crippen LogP contribution in [0.15, 0.2) is 54.6 Å². The van der Waals surface area contributed by atoms with Crippen LogP contribution in [0.25, 0.3) is 0 Å². The van der Waals surface area contributed by atoms with Crippen molar-refractivity contribution in [1.29, 1.82) is 0 Å². The highest BCUT2D eigenvalue weighted by molar-refractivity contribution is 5.81. The summed E-state index contributed by atoms with van der Waals surface area (Å²) in [5, 5.41) is 9.74. The van der Waals surface area contributed by atoms with Gasteiger partial charge in [0.1, 0.15) is 5.41 Å². The maximum Gasteiger partial charge on any atom is 0.315 e. The summed E-state index contributed by atoms with van der Waals surface area (Å²) in [5.41, 5.74) is 7.85. The zero-order chi connectivity index (χ0) is 15.3. The van der Waals surface area contributed by atoms with Gasteiger partial charge in [-0.3, -0.25) is 4.79 Å². The third-order valence-electron chi connectivity index (χ3n) is 4.05. The predicted octanol–water partition coefficient (Wildman–Crippen LogP) is 2.91. The molecule has 0 aromatic heterocycles. The molecule has 0 radical (unpaired) electrons. The van der Waals surface area contributed by atoms with Crippen LogP contribution >= 0.6 is 0 Å². The fourth-order valence-electron chi connectivity index (χ4n) is 2.56. The highest BCUT2D eigenvalue weighted by Gasteiger charge is 2.38. The molecule has 0 amide bonds. The third kappa shape index (κ3) is 3.31. The molecule has 1 unspecified atom stereocenters. The molecule has 0 saturated heterocycles. The molecular formula is C18H21NO2. The van der Waals surface area contributed by atoms with Gasteiger partial charge in [0.2, 0.25) is 0 Å². The van der Waals surface area contributed by atoms with Crippen LogP contribution in [0.2, 0.25) is 0 Å². The second-order valence-corrected chi connectivity index (χ2v) is 5.44. The lowest BCUT2D eigenvalue weighted by Gasteiger charge is -2.28. The first-order valence-corrected chi connectivity index (χ1v) is 7.13. The Bertz CT molecular complexity index is 592. The van der Waals surface area contributed by atoms with Gasteiger partial charge < -0.3 is 10.8 Å². The van der Waals surface area contributed by atoms with Crippen LogP contribution in [0.1, 0.15) is 23.1 Å². The summed E-state index contributed by atoms with van der Waals surface area (Å²) in [7, 11) is 0. The minimum absolute atomic E-state index is 0.0955. The Balaban J connectivity index is 2.29. The van der Waals surface area contributed by atoms with Crippen LogP contribution in [-0.4, -0.2) is 17.6 Å². The number of aliphatic carboxylic acids is 1. The van der Waals surface area contributed by atoms with Crippen molar-refractivity contribution in [2.75, 3.05) is 6.54 Å². The standard InChI is InChI=1S/C18H21NO2/c1-14-7-9-16(10-8-14)18(13-19,17(20)21)12-11-15-5-3-2-4-6-15/h2-10H,11-13,19H2,1H3,(H,20,21). The zero-order valence-electron chi connectivity index (χ0n) is 12.3. The molecular weight excluding hydrogens is 262 g/mol. The van der Waals surface area contributed by atoms with Crippen molar-refractivity contribution in [2.24, 2.45) is 5.73 Å². The van der Waals surface area contributed by atoms with E-state index in [0.717, 1.165) is 16.7 Å². The van der Waals surface area contributed by atoms with E-state index in [-0.39, 0.29) is 6.54 Å². The summed E-state index contributed by atoms with van der Waals surface area (Å²) < 4.78 is 0. The Morgan fingerprint density at radius 1 is 1.10 bits per heavy atom. The van der Waals surface area contributed by atoms with Crippen molar-refractivity contribution < 1.29 is 9.90 Å². The highest BCUT2D eigenvalue weighted by atomic mass is 16.4. The first-order valence-electron chi connectivity index (χ1n) is 7.13. The summed E-state index contributed by atoms with van der Waals surface area (Å²) in [5.74, 6) is -0.857. The van der Waals surface area contributed by atoms with Crippen LogP contribution in [-0.2, 0) is 16.6 Å². The molecule has 0 aliphatic heterocycles. The summed E-state index contributed by atoms with van der Waals surface area (Å²) in [6, 6.07) is 17.5. The first-order chi connectivity index (χ1) is 10.1. The second kappa shape index (κ2) is 6.55. The number of carbonyl (C=O) groups is 1. The van der Waals surface area contributed by atoms with Gasteiger partial charge in [-0.15, -0.1) is 0 Å². The largest absolute Gasteiger partial charge is 0.481 e. The highest BCUT2D eigenvalue weighted by Crippen LogP contribution is 2.29. The van der Waals surface area contributed by atoms with Crippen molar-refractivity contribution in [2.45, 2.75) is 25.2 Å². The van der Waals surface area contributed by atoms with E-state index in [4.69, 9.17) is 5.73 Å². The molecule has 2 aromatic carbocycles. The number of nitrogens with two attached hydrogens (primary N) is 1. The molecule has 1 atom stereocenters. The first kappa shape index (κ1) is 15.3. The van der Waals surface area contributed by atoms with E-state index >= 15 is 0 Å². The Morgan fingerprint density at radius 3 is 2.24 bits per heavy atom. The van der Waals surface area contributed by atoms with Crippen LogP contribution in [0.3, 0.4) is 0 Å². The normalized spacial score (nSPS) is 13.6. The number of hydrogen-bond donors (Lipinski definition) is 2. The van der Waals surface area contributed by atoms with E-state index in [9.17, 15) is 9.90 Å². The number of rotatable bonds is 6. The molecule has 0 fully saturated rings. The lowest BCUT2D eigenvalue weighted by molar-refractivity contribution is -0.143. The lowest BCUT2D eigenvalue weighted by atomic mass is 9.75. The molecule has 21 heavy (non-hydrogen) atoms. The van der Waals surface area contributed by atoms with Gasteiger partial charge in [0.25, 0.3) is 0 Å². The van der Waals surface area contributed by atoms with Gasteiger partial charge >= 0.3 is 5.97 Å². The maximum absolute atomic E-state index is 11.9. The van der Waals surface area contributed by atoms with E-state index in [1.165, 1.54) is 0 Å². The van der Waals surface area contributed by atoms with Gasteiger partial charge in [-0.05, 0) is 30.9 Å². The van der Waals surface area contributed by atoms with Crippen molar-refractivity contribution in [3.8, 4) is 0 Å². The predicted molar refractivity (Wildman–Crippen MR) is 84.3 cm³/mol. The third-order valence-corrected chi connectivity index (χ3v) is 4.05. The number of hydrogen-bond acceptors (Lipinski definition) is 2. The van der Waals surface area contributed by atoms with E-state index in [1.54, 1.807) is 0 Å². The Hall–Kier alpha value is -2.13. The molecule has 2 rings (SSSR count). The number of aryl methyl sites for hydroxylation is 2. The zero-order valence-corrected chi connectivity index (χ0v) is 12.3. The van der Waals surface area contributed by atoms with Crippen LogP contribution in [0.5, 0.6) is 0 Å². The van der Waals surface area contributed by atoms with Crippen LogP contribution < -0.4 is 5.73 Å². The van der Waals surface area contributed by atoms with Gasteiger partial charge in [-0.2, -0.15) is 0 Å². The summed E-state index contributed by atoms with van der Waals surface area (Å²) in [6.45, 7) is 2.08. The number of carboxylic acids is 1. The molecule has 3 nitrogen and oxygen atoms in total. The van der Waals surface area contributed by atoms with Gasteiger partial charge in [-0.1, -0.05) is 60.2 Å². The molecule has 0 saturated carbocycles. The molecule has 0 bridgehead atoms. The van der Waals surface area contributed by atoms with Crippen LogP contribution in [0, 0.1) is 6.92 Å². The fraction of sp³-hybridized carbons (Fsp3) is 0.278. The Morgan fingerprint density at radius 2 is 1.71 bits per heavy atom. The van der Waals surface area contributed by atoms with E-state index in [0.29, 0.717) is 12.8 Å². The topological polar surface area (TPSA) is 63.3 Å². The molecule has 0 aliphatic carbocycles. The Labute approximate surface area is 125 Å². The quantitative estimate of drug-likeness (QED) is 0.856. The summed E-state index contributed by atoms with van der Waals surface area (Å²) in [6.07, 6.45) is 1.18. The average Bonchev–Trinajstić information content (AvgIpc) is 2.50. The second-order valence-electron chi connectivity index (χ2n) is 5.44. The summed E-state index contributed by atoms with van der Waals surface area (Å²) in [4.78, 5) is 11.9. The molecule has 0 aliphatic rings. The van der Waals surface area contributed by atoms with E-state index in [2.05, 4.69) is 0 Å². The van der Waals surface area contributed by atoms with Crippen molar-refractivity contribution in [3.63, 3.8) is 0 Å². The molecule has 0 spiro atoms. The summed E-state index contributed by atoms with van der Waals surface area (Å²) >= 11 is 0. The smallest absolute Gasteiger partial charge is 0.315 e. The lowest BCUT2D eigenvalue weighted by Crippen LogP contribution is -2.43. The van der Waals surface area contributed by atoms with Gasteiger partial charge in [-0.25, -0.2) is 0 Å². The molecule has 110 valence electrons. The average molecular weight is 283 g/mol. The van der Waals surface area contributed by atoms with Crippen molar-refractivity contribution in [1.82, 2.24) is 0 Å². The minimum Gasteiger partial charge on any atom is -0.481 e. The van der Waals surface area contributed by atoms with E-state index in [1.807, 2.05) is 61.5 Å². The minimum atomic E-state index is -1.02. The number of benzene rings is 2. The van der Waals surface area contributed by atoms with Crippen molar-refractivity contribution >= 4 is 5.97 Å².